The van der Waals surface area contributed by atoms with Crippen molar-refractivity contribution in [1.82, 2.24) is 0 Å². The summed E-state index contributed by atoms with van der Waals surface area (Å²) in [6, 6.07) is 0. The van der Waals surface area contributed by atoms with Gasteiger partial charge in [0.15, 0.2) is 0 Å². The van der Waals surface area contributed by atoms with Crippen molar-refractivity contribution in [2.45, 2.75) is 39.4 Å². The number of rotatable bonds is 2. The van der Waals surface area contributed by atoms with Gasteiger partial charge in [0.2, 0.25) is 0 Å². The molecule has 1 aliphatic carbocycles. The Labute approximate surface area is 120 Å². The Morgan fingerprint density at radius 3 is 1.69 bits per heavy atom. The van der Waals surface area contributed by atoms with Crippen molar-refractivity contribution in [2.75, 3.05) is 0 Å². The van der Waals surface area contributed by atoms with Crippen LogP contribution in [0.5, 0.6) is 0 Å². The zero-order chi connectivity index (χ0) is 10.1. The summed E-state index contributed by atoms with van der Waals surface area (Å²) >= 11 is 0. The molecule has 0 heterocycles. The standard InChI is InChI=1S/C11H19NSi.2CH3.Ti/c1-11(2,3)12-13(4,5)10-8-6-7-9-10;;;/h6-9H,1-5H3;2*1H3;/q3*-1;+4. The molecule has 0 aromatic heterocycles. The molecule has 16 heavy (non-hydrogen) atoms. The maximum absolute atomic E-state index is 4.92. The molecule has 0 aromatic carbocycles. The van der Waals surface area contributed by atoms with Crippen molar-refractivity contribution in [3.8, 4) is 0 Å². The predicted molar refractivity (Wildman–Crippen MR) is 73.9 cm³/mol. The Bertz CT molecular complexity index is 169. The van der Waals surface area contributed by atoms with Gasteiger partial charge < -0.3 is 19.8 Å². The molecule has 0 atom stereocenters. The molecule has 89 valence electrons. The van der Waals surface area contributed by atoms with E-state index in [1.54, 1.807) is 0 Å². The van der Waals surface area contributed by atoms with Gasteiger partial charge in [0.25, 0.3) is 0 Å². The van der Waals surface area contributed by atoms with E-state index in [0.717, 1.165) is 0 Å². The summed E-state index contributed by atoms with van der Waals surface area (Å²) in [5.74, 6) is 0. The Morgan fingerprint density at radius 2 is 1.38 bits per heavy atom. The number of nitrogens with zero attached hydrogens (tertiary/aromatic N) is 1. The average molecular weight is 271 g/mol. The fourth-order valence-corrected chi connectivity index (χ4v) is 4.50. The van der Waals surface area contributed by atoms with Crippen LogP contribution in [0.15, 0.2) is 0 Å². The van der Waals surface area contributed by atoms with Crippen molar-refractivity contribution in [1.29, 1.82) is 0 Å². The van der Waals surface area contributed by atoms with E-state index in [2.05, 4.69) is 59.5 Å². The largest absolute Gasteiger partial charge is 4.00 e. The van der Waals surface area contributed by atoms with E-state index in [-0.39, 0.29) is 42.1 Å². The van der Waals surface area contributed by atoms with Crippen LogP contribution in [0.2, 0.25) is 13.1 Å². The molecule has 0 saturated heterocycles. The topological polar surface area (TPSA) is 14.1 Å². The molecule has 0 spiro atoms. The summed E-state index contributed by atoms with van der Waals surface area (Å²) < 4.78 is 0. The second kappa shape index (κ2) is 8.07. The van der Waals surface area contributed by atoms with Gasteiger partial charge in [-0.1, -0.05) is 42.1 Å². The Hall–Kier alpha value is 0.891. The molecule has 1 nitrogen and oxygen atoms in total. The molecule has 1 fully saturated rings. The van der Waals surface area contributed by atoms with Crippen molar-refractivity contribution >= 4 is 8.24 Å². The average Bonchev–Trinajstić information content (AvgIpc) is 2.29. The molecular formula is C13H25NSiTi+. The van der Waals surface area contributed by atoms with Crippen LogP contribution in [0.3, 0.4) is 0 Å². The molecule has 0 amide bonds. The Morgan fingerprint density at radius 1 is 1.00 bits per heavy atom. The van der Waals surface area contributed by atoms with Gasteiger partial charge in [0.1, 0.15) is 0 Å². The Balaban J connectivity index is -0.000000563. The summed E-state index contributed by atoms with van der Waals surface area (Å²) in [5.41, 5.74) is 1.52. The maximum atomic E-state index is 4.92. The van der Waals surface area contributed by atoms with Crippen LogP contribution < -0.4 is 0 Å². The third-order valence-electron chi connectivity index (χ3n) is 1.98. The summed E-state index contributed by atoms with van der Waals surface area (Å²) in [7, 11) is -1.54. The van der Waals surface area contributed by atoms with Crippen molar-refractivity contribution in [2.24, 2.45) is 0 Å². The van der Waals surface area contributed by atoms with Crippen LogP contribution >= 0.6 is 0 Å². The molecule has 0 N–H and O–H groups in total. The van der Waals surface area contributed by atoms with Gasteiger partial charge in [0, 0.05) is 0 Å². The smallest absolute Gasteiger partial charge is 0.659 e. The minimum atomic E-state index is -1.54. The van der Waals surface area contributed by atoms with Gasteiger partial charge in [-0.25, -0.2) is 0 Å². The van der Waals surface area contributed by atoms with E-state index in [1.807, 2.05) is 0 Å². The molecular weight excluding hydrogens is 246 g/mol. The van der Waals surface area contributed by atoms with E-state index < -0.39 is 8.24 Å². The van der Waals surface area contributed by atoms with E-state index in [1.165, 1.54) is 5.54 Å². The van der Waals surface area contributed by atoms with Crippen LogP contribution in [-0.2, 0) is 21.7 Å². The molecule has 1 aliphatic rings. The summed E-state index contributed by atoms with van der Waals surface area (Å²) in [5, 5.41) is 0. The summed E-state index contributed by atoms with van der Waals surface area (Å²) in [6.07, 6.45) is 8.59. The fourth-order valence-electron chi connectivity index (χ4n) is 1.68. The SMILES string of the molecule is CC(C)(C)[N-][Si](C)(C)[C]1[CH][CH][CH][CH]1.[CH3-].[CH3-].[Ti+4]. The Kier molecular flexibility index (Phi) is 11.2. The maximum Gasteiger partial charge on any atom is 4.00 e. The summed E-state index contributed by atoms with van der Waals surface area (Å²) in [6.45, 7) is 11.1. The molecule has 1 saturated carbocycles. The molecule has 0 unspecified atom stereocenters. The van der Waals surface area contributed by atoms with Gasteiger partial charge in [-0.3, -0.25) is 0 Å². The molecule has 0 bridgehead atoms. The van der Waals surface area contributed by atoms with Gasteiger partial charge >= 0.3 is 21.7 Å². The van der Waals surface area contributed by atoms with Crippen LogP contribution in [0, 0.1) is 46.1 Å². The molecule has 0 aromatic rings. The molecule has 3 heteroatoms. The van der Waals surface area contributed by atoms with Gasteiger partial charge in [0.05, 0.1) is 0 Å². The van der Waals surface area contributed by atoms with E-state index in [9.17, 15) is 0 Å². The minimum Gasteiger partial charge on any atom is -0.659 e. The third-order valence-corrected chi connectivity index (χ3v) is 4.96. The zero-order valence-electron chi connectivity index (χ0n) is 11.8. The zero-order valence-corrected chi connectivity index (χ0v) is 14.3. The van der Waals surface area contributed by atoms with Crippen LogP contribution in [0.4, 0.5) is 0 Å². The fraction of sp³-hybridized carbons (Fsp3) is 0.462. The van der Waals surface area contributed by atoms with Crippen LogP contribution in [-0.4, -0.2) is 13.8 Å². The number of hydrogen-bond donors (Lipinski definition) is 0. The van der Waals surface area contributed by atoms with Crippen LogP contribution in [0.25, 0.3) is 4.98 Å². The van der Waals surface area contributed by atoms with Gasteiger partial charge in [-0.15, -0.1) is 5.54 Å². The quantitative estimate of drug-likeness (QED) is 0.528. The first-order chi connectivity index (χ1) is 5.81. The minimum absolute atomic E-state index is 0. The van der Waals surface area contributed by atoms with E-state index >= 15 is 0 Å². The van der Waals surface area contributed by atoms with E-state index in [4.69, 9.17) is 4.98 Å². The van der Waals surface area contributed by atoms with E-state index in [0.29, 0.717) is 0 Å². The molecule has 0 aliphatic heterocycles. The third kappa shape index (κ3) is 7.26. The summed E-state index contributed by atoms with van der Waals surface area (Å²) in [4.78, 5) is 4.92. The first kappa shape index (κ1) is 22.1. The van der Waals surface area contributed by atoms with Gasteiger partial charge in [-0.05, 0) is 31.2 Å². The van der Waals surface area contributed by atoms with Gasteiger partial charge in [-0.2, -0.15) is 0 Å². The second-order valence-corrected chi connectivity index (χ2v) is 8.93. The van der Waals surface area contributed by atoms with Crippen molar-refractivity contribution in [3.05, 3.63) is 51.1 Å². The van der Waals surface area contributed by atoms with Crippen LogP contribution in [0.1, 0.15) is 20.8 Å². The normalized spacial score (nSPS) is 17.1. The van der Waals surface area contributed by atoms with Crippen molar-refractivity contribution in [3.63, 3.8) is 0 Å². The predicted octanol–water partition coefficient (Wildman–Crippen LogP) is 4.21. The molecule has 5 radical (unpaired) electrons. The second-order valence-electron chi connectivity index (χ2n) is 5.02. The molecule has 1 rings (SSSR count). The first-order valence-corrected chi connectivity index (χ1v) is 7.72. The first-order valence-electron chi connectivity index (χ1n) is 4.77. The monoisotopic (exact) mass is 271 g/mol. The van der Waals surface area contributed by atoms with Crippen molar-refractivity contribution < 1.29 is 21.7 Å². The number of hydrogen-bond acceptors (Lipinski definition) is 0.